The van der Waals surface area contributed by atoms with Crippen LogP contribution >= 0.6 is 0 Å². The van der Waals surface area contributed by atoms with Gasteiger partial charge in [-0.1, -0.05) is 18.2 Å². The second-order valence-electron chi connectivity index (χ2n) is 5.51. The van der Waals surface area contributed by atoms with E-state index in [1.165, 1.54) is 0 Å². The van der Waals surface area contributed by atoms with Crippen molar-refractivity contribution >= 4 is 23.5 Å². The zero-order valence-electron chi connectivity index (χ0n) is 13.2. The summed E-state index contributed by atoms with van der Waals surface area (Å²) < 4.78 is 0. The fourth-order valence-corrected chi connectivity index (χ4v) is 2.39. The van der Waals surface area contributed by atoms with Gasteiger partial charge in [-0.25, -0.2) is 4.79 Å². The minimum absolute atomic E-state index is 0.160. The molecule has 1 saturated heterocycles. The van der Waals surface area contributed by atoms with Gasteiger partial charge < -0.3 is 15.5 Å². The summed E-state index contributed by atoms with van der Waals surface area (Å²) in [6, 6.07) is 8.73. The lowest BCUT2D eigenvalue weighted by Gasteiger charge is -2.20. The molecule has 1 fully saturated rings. The number of carbonyl (C=O) groups excluding carboxylic acids is 3. The first-order valence-corrected chi connectivity index (χ1v) is 7.70. The van der Waals surface area contributed by atoms with Gasteiger partial charge in [-0.15, -0.1) is 0 Å². The molecule has 23 heavy (non-hydrogen) atoms. The molecule has 3 N–H and O–H groups in total. The van der Waals surface area contributed by atoms with Crippen LogP contribution in [0, 0.1) is 0 Å². The van der Waals surface area contributed by atoms with Gasteiger partial charge in [-0.2, -0.15) is 0 Å². The van der Waals surface area contributed by atoms with Gasteiger partial charge in [0.15, 0.2) is 0 Å². The van der Waals surface area contributed by atoms with Gasteiger partial charge in [-0.3, -0.25) is 14.9 Å². The maximum atomic E-state index is 12.0. The molecule has 0 saturated carbocycles. The molecular weight excluding hydrogens is 296 g/mol. The molecule has 1 aromatic carbocycles. The highest BCUT2D eigenvalue weighted by atomic mass is 16.2. The largest absolute Gasteiger partial charge is 0.375 e. The fourth-order valence-electron chi connectivity index (χ4n) is 2.39. The van der Waals surface area contributed by atoms with Crippen molar-refractivity contribution < 1.29 is 14.4 Å². The van der Waals surface area contributed by atoms with Crippen molar-refractivity contribution in [1.29, 1.82) is 0 Å². The van der Waals surface area contributed by atoms with Gasteiger partial charge in [0.25, 0.3) is 0 Å². The Labute approximate surface area is 135 Å². The van der Waals surface area contributed by atoms with Gasteiger partial charge in [-0.05, 0) is 25.0 Å². The lowest BCUT2D eigenvalue weighted by Crippen LogP contribution is -2.48. The highest BCUT2D eigenvalue weighted by Gasteiger charge is 2.25. The summed E-state index contributed by atoms with van der Waals surface area (Å²) >= 11 is 0. The summed E-state index contributed by atoms with van der Waals surface area (Å²) in [5.41, 5.74) is 1.12. The Hall–Kier alpha value is -2.57. The van der Waals surface area contributed by atoms with Crippen LogP contribution in [0.25, 0.3) is 0 Å². The first kappa shape index (κ1) is 16.8. The van der Waals surface area contributed by atoms with E-state index in [1.807, 2.05) is 37.4 Å². The molecule has 2 rings (SSSR count). The van der Waals surface area contributed by atoms with Crippen molar-refractivity contribution in [2.75, 3.05) is 25.0 Å². The molecule has 1 aliphatic rings. The number of hydrogen-bond donors (Lipinski definition) is 3. The Bertz CT molecular complexity index is 562. The van der Waals surface area contributed by atoms with Crippen LogP contribution in [0.1, 0.15) is 19.3 Å². The molecule has 7 heteroatoms. The topological polar surface area (TPSA) is 90.5 Å². The molecule has 0 radical (unpaired) electrons. The predicted molar refractivity (Wildman–Crippen MR) is 87.0 cm³/mol. The Morgan fingerprint density at radius 2 is 2.04 bits per heavy atom. The van der Waals surface area contributed by atoms with E-state index < -0.39 is 12.1 Å². The lowest BCUT2D eigenvalue weighted by molar-refractivity contribution is -0.123. The molecule has 1 aromatic rings. The van der Waals surface area contributed by atoms with E-state index >= 15 is 0 Å². The Morgan fingerprint density at radius 3 is 2.78 bits per heavy atom. The number of para-hydroxylation sites is 1. The molecule has 1 heterocycles. The van der Waals surface area contributed by atoms with E-state index in [2.05, 4.69) is 20.9 Å². The van der Waals surface area contributed by atoms with Crippen LogP contribution in [0.5, 0.6) is 0 Å². The number of nitrogens with zero attached hydrogens (tertiary/aromatic N) is 1. The van der Waals surface area contributed by atoms with Crippen LogP contribution < -0.4 is 20.9 Å². The van der Waals surface area contributed by atoms with E-state index in [9.17, 15) is 14.4 Å². The summed E-state index contributed by atoms with van der Waals surface area (Å²) in [4.78, 5) is 36.7. The lowest BCUT2D eigenvalue weighted by atomic mass is 10.1. The average molecular weight is 318 g/mol. The quantitative estimate of drug-likeness (QED) is 0.671. The average Bonchev–Trinajstić information content (AvgIpc) is 2.72. The van der Waals surface area contributed by atoms with Crippen LogP contribution in [0.4, 0.5) is 10.5 Å². The number of imide groups is 1. The minimum atomic E-state index is -0.659. The van der Waals surface area contributed by atoms with Gasteiger partial charge in [0.2, 0.25) is 11.8 Å². The van der Waals surface area contributed by atoms with Crippen molar-refractivity contribution in [3.63, 3.8) is 0 Å². The summed E-state index contributed by atoms with van der Waals surface area (Å²) in [5.74, 6) is -0.612. The molecular formula is C16H22N4O3. The molecule has 7 nitrogen and oxygen atoms in total. The van der Waals surface area contributed by atoms with Gasteiger partial charge in [0.05, 0.1) is 0 Å². The second kappa shape index (κ2) is 8.17. The zero-order valence-corrected chi connectivity index (χ0v) is 13.2. The molecule has 0 spiro atoms. The third-order valence-corrected chi connectivity index (χ3v) is 3.70. The summed E-state index contributed by atoms with van der Waals surface area (Å²) in [7, 11) is 2.00. The van der Waals surface area contributed by atoms with Crippen LogP contribution in [0.3, 0.4) is 0 Å². The first-order valence-electron chi connectivity index (χ1n) is 7.70. The number of carbonyl (C=O) groups is 3. The third kappa shape index (κ3) is 5.28. The number of amides is 4. The monoisotopic (exact) mass is 318 g/mol. The molecule has 1 unspecified atom stereocenters. The second-order valence-corrected chi connectivity index (χ2v) is 5.51. The van der Waals surface area contributed by atoms with Crippen molar-refractivity contribution in [2.24, 2.45) is 0 Å². The standard InChI is InChI=1S/C16H22N4O3/c1-20(12-6-3-2-4-7-12)11-5-10-17-15(22)13-8-9-14(21)19-16(23)18-13/h2-4,6-7,13H,5,8-11H2,1H3,(H,17,22)(H2,18,19,21,23). The Morgan fingerprint density at radius 1 is 1.30 bits per heavy atom. The van der Waals surface area contributed by atoms with E-state index in [1.54, 1.807) is 0 Å². The summed E-state index contributed by atoms with van der Waals surface area (Å²) in [6.07, 6.45) is 1.26. The van der Waals surface area contributed by atoms with Crippen LogP contribution in [0.2, 0.25) is 0 Å². The summed E-state index contributed by atoms with van der Waals surface area (Å²) in [5, 5.41) is 7.45. The molecule has 124 valence electrons. The van der Waals surface area contributed by atoms with Crippen LogP contribution in [0.15, 0.2) is 30.3 Å². The maximum absolute atomic E-state index is 12.0. The molecule has 4 amide bonds. The van der Waals surface area contributed by atoms with Crippen molar-refractivity contribution in [3.05, 3.63) is 30.3 Å². The normalized spacial score (nSPS) is 17.7. The highest BCUT2D eigenvalue weighted by Crippen LogP contribution is 2.10. The first-order chi connectivity index (χ1) is 11.1. The molecule has 0 bridgehead atoms. The number of benzene rings is 1. The number of anilines is 1. The van der Waals surface area contributed by atoms with E-state index in [-0.39, 0.29) is 18.2 Å². The number of urea groups is 1. The molecule has 1 atom stereocenters. The van der Waals surface area contributed by atoms with Crippen molar-refractivity contribution in [1.82, 2.24) is 16.0 Å². The van der Waals surface area contributed by atoms with Crippen molar-refractivity contribution in [3.8, 4) is 0 Å². The number of hydrogen-bond acceptors (Lipinski definition) is 4. The predicted octanol–water partition coefficient (Wildman–Crippen LogP) is 0.617. The molecule has 0 aliphatic carbocycles. The minimum Gasteiger partial charge on any atom is -0.375 e. The summed E-state index contributed by atoms with van der Waals surface area (Å²) in [6.45, 7) is 1.32. The molecule has 0 aromatic heterocycles. The Kier molecular flexibility index (Phi) is 5.96. The number of rotatable bonds is 6. The van der Waals surface area contributed by atoms with Gasteiger partial charge in [0, 0.05) is 32.2 Å². The van der Waals surface area contributed by atoms with E-state index in [0.29, 0.717) is 13.0 Å². The smallest absolute Gasteiger partial charge is 0.322 e. The van der Waals surface area contributed by atoms with E-state index in [4.69, 9.17) is 0 Å². The van der Waals surface area contributed by atoms with Crippen LogP contribution in [-0.4, -0.2) is 44.0 Å². The zero-order chi connectivity index (χ0) is 16.7. The van der Waals surface area contributed by atoms with Crippen molar-refractivity contribution in [2.45, 2.75) is 25.3 Å². The maximum Gasteiger partial charge on any atom is 0.322 e. The highest BCUT2D eigenvalue weighted by molar-refractivity contribution is 5.98. The van der Waals surface area contributed by atoms with E-state index in [0.717, 1.165) is 18.7 Å². The Balaban J connectivity index is 1.70. The third-order valence-electron chi connectivity index (χ3n) is 3.70. The van der Waals surface area contributed by atoms with Gasteiger partial charge in [0.1, 0.15) is 6.04 Å². The number of nitrogens with one attached hydrogen (secondary N) is 3. The molecule has 1 aliphatic heterocycles. The van der Waals surface area contributed by atoms with Gasteiger partial charge >= 0.3 is 6.03 Å². The SMILES string of the molecule is CN(CCCNC(=O)C1CCC(=O)NC(=O)N1)c1ccccc1. The van der Waals surface area contributed by atoms with Crippen LogP contribution in [-0.2, 0) is 9.59 Å². The fraction of sp³-hybridized carbons (Fsp3) is 0.438.